The molecule has 0 spiro atoms. The Morgan fingerprint density at radius 3 is 1.78 bits per heavy atom. The van der Waals surface area contributed by atoms with E-state index >= 15 is 0 Å². The van der Waals surface area contributed by atoms with E-state index in [4.69, 9.17) is 16.7 Å². The Bertz CT molecular complexity index is 328. The van der Waals surface area contributed by atoms with Crippen molar-refractivity contribution in [2.75, 3.05) is 26.4 Å². The lowest BCUT2D eigenvalue weighted by Gasteiger charge is -2.08. The van der Waals surface area contributed by atoms with Gasteiger partial charge in [-0.15, -0.1) is 0 Å². The number of rotatable bonds is 6. The SMILES string of the molecule is O=S(OCC1COS(=O)O1)OCC1COS(=O)O1. The summed E-state index contributed by atoms with van der Waals surface area (Å²) in [6.45, 7) is 0.0450. The second kappa shape index (κ2) is 7.12. The van der Waals surface area contributed by atoms with Crippen LogP contribution < -0.4 is 0 Å². The predicted octanol–water partition coefficient (Wildman–Crippen LogP) is -1.41. The second-order valence-corrected chi connectivity index (χ2v) is 5.74. The molecule has 0 amide bonds. The standard InChI is InChI=1S/C6H10O9S3/c7-16(10-1-5-3-12-17(8)14-5)11-2-6-4-13-18(9)15-6/h5-6H,1-4H2. The molecule has 9 nitrogen and oxygen atoms in total. The van der Waals surface area contributed by atoms with Crippen LogP contribution in [0.15, 0.2) is 0 Å². The van der Waals surface area contributed by atoms with Crippen LogP contribution in [0.4, 0.5) is 0 Å². The average Bonchev–Trinajstić information content (AvgIpc) is 2.93. The minimum absolute atomic E-state index is 0.0771. The molecule has 0 bridgehead atoms. The van der Waals surface area contributed by atoms with Crippen molar-refractivity contribution in [2.24, 2.45) is 0 Å². The normalized spacial score (nSPS) is 38.0. The first-order chi connectivity index (χ1) is 8.63. The fourth-order valence-corrected chi connectivity index (χ4v) is 2.94. The largest absolute Gasteiger partial charge is 0.305 e. The van der Waals surface area contributed by atoms with Crippen molar-refractivity contribution in [2.45, 2.75) is 12.2 Å². The van der Waals surface area contributed by atoms with E-state index in [9.17, 15) is 12.6 Å². The molecule has 2 heterocycles. The molecular weight excluding hydrogens is 312 g/mol. The topological polar surface area (TPSA) is 107 Å². The van der Waals surface area contributed by atoms with Crippen molar-refractivity contribution in [1.29, 1.82) is 0 Å². The lowest BCUT2D eigenvalue weighted by Crippen LogP contribution is -2.22. The molecule has 0 aromatic carbocycles. The van der Waals surface area contributed by atoms with Crippen molar-refractivity contribution in [3.05, 3.63) is 0 Å². The lowest BCUT2D eigenvalue weighted by molar-refractivity contribution is 0.122. The molecule has 106 valence electrons. The van der Waals surface area contributed by atoms with Crippen LogP contribution in [0.3, 0.4) is 0 Å². The highest BCUT2D eigenvalue weighted by atomic mass is 32.2. The summed E-state index contributed by atoms with van der Waals surface area (Å²) in [5, 5.41) is 0. The first-order valence-corrected chi connectivity index (χ1v) is 7.76. The van der Waals surface area contributed by atoms with E-state index in [0.717, 1.165) is 0 Å². The van der Waals surface area contributed by atoms with Crippen LogP contribution in [0.5, 0.6) is 0 Å². The van der Waals surface area contributed by atoms with Crippen LogP contribution in [0.2, 0.25) is 0 Å². The van der Waals surface area contributed by atoms with E-state index in [1.807, 2.05) is 0 Å². The van der Waals surface area contributed by atoms with Crippen molar-refractivity contribution in [3.8, 4) is 0 Å². The zero-order valence-corrected chi connectivity index (χ0v) is 11.3. The molecule has 4 unspecified atom stereocenters. The summed E-state index contributed by atoms with van der Waals surface area (Å²) in [6.07, 6.45) is -1.09. The smallest absolute Gasteiger partial charge is 0.266 e. The summed E-state index contributed by atoms with van der Waals surface area (Å²) in [4.78, 5) is 0. The van der Waals surface area contributed by atoms with Gasteiger partial charge in [0.2, 0.25) is 0 Å². The van der Waals surface area contributed by atoms with E-state index < -0.39 is 46.3 Å². The molecule has 0 N–H and O–H groups in total. The quantitative estimate of drug-likeness (QED) is 0.582. The van der Waals surface area contributed by atoms with Crippen LogP contribution >= 0.6 is 0 Å². The average molecular weight is 322 g/mol. The summed E-state index contributed by atoms with van der Waals surface area (Å²) in [6, 6.07) is 0. The molecule has 2 aliphatic heterocycles. The van der Waals surface area contributed by atoms with E-state index in [1.54, 1.807) is 0 Å². The van der Waals surface area contributed by atoms with Crippen molar-refractivity contribution >= 4 is 34.1 Å². The number of hydrogen-bond acceptors (Lipinski definition) is 9. The molecule has 2 aliphatic rings. The van der Waals surface area contributed by atoms with Crippen LogP contribution in [-0.2, 0) is 59.2 Å². The highest BCUT2D eigenvalue weighted by Crippen LogP contribution is 2.11. The maximum Gasteiger partial charge on any atom is 0.305 e. The Labute approximate surface area is 111 Å². The third-order valence-electron chi connectivity index (χ3n) is 1.83. The predicted molar refractivity (Wildman–Crippen MR) is 58.0 cm³/mol. The minimum Gasteiger partial charge on any atom is -0.266 e. The molecule has 12 heteroatoms. The Hall–Kier alpha value is 0.210. The van der Waals surface area contributed by atoms with E-state index in [1.165, 1.54) is 0 Å². The maximum atomic E-state index is 11.2. The highest BCUT2D eigenvalue weighted by Gasteiger charge is 2.26. The Morgan fingerprint density at radius 1 is 1.00 bits per heavy atom. The van der Waals surface area contributed by atoms with Gasteiger partial charge in [-0.25, -0.2) is 0 Å². The van der Waals surface area contributed by atoms with E-state index in [-0.39, 0.29) is 26.4 Å². The Kier molecular flexibility index (Phi) is 5.78. The fraction of sp³-hybridized carbons (Fsp3) is 1.00. The fourth-order valence-electron chi connectivity index (χ4n) is 1.04. The van der Waals surface area contributed by atoms with Crippen molar-refractivity contribution < 1.29 is 37.7 Å². The third kappa shape index (κ3) is 4.71. The number of hydrogen-bond donors (Lipinski definition) is 0. The molecule has 2 rings (SSSR count). The molecule has 18 heavy (non-hydrogen) atoms. The molecule has 0 aliphatic carbocycles. The molecule has 0 radical (unpaired) electrons. The lowest BCUT2D eigenvalue weighted by atomic mass is 10.4. The zero-order chi connectivity index (χ0) is 13.0. The van der Waals surface area contributed by atoms with Crippen LogP contribution in [-0.4, -0.2) is 51.3 Å². The molecular formula is C6H10O9S3. The van der Waals surface area contributed by atoms with E-state index in [2.05, 4.69) is 8.37 Å². The first-order valence-electron chi connectivity index (χ1n) is 4.76. The van der Waals surface area contributed by atoms with Gasteiger partial charge >= 0.3 is 34.1 Å². The van der Waals surface area contributed by atoms with Crippen LogP contribution in [0.1, 0.15) is 0 Å². The van der Waals surface area contributed by atoms with Gasteiger partial charge in [-0.3, -0.25) is 25.1 Å². The van der Waals surface area contributed by atoms with Crippen LogP contribution in [0, 0.1) is 0 Å². The molecule has 0 aromatic rings. The summed E-state index contributed by atoms with van der Waals surface area (Å²) >= 11 is -5.54. The van der Waals surface area contributed by atoms with E-state index in [0.29, 0.717) is 0 Å². The van der Waals surface area contributed by atoms with Gasteiger partial charge in [0.15, 0.2) is 0 Å². The summed E-state index contributed by atoms with van der Waals surface area (Å²) < 4.78 is 60.9. The second-order valence-electron chi connectivity index (χ2n) is 3.19. The van der Waals surface area contributed by atoms with Gasteiger partial charge < -0.3 is 0 Å². The molecule has 2 fully saturated rings. The molecule has 0 saturated carbocycles. The van der Waals surface area contributed by atoms with Gasteiger partial charge in [0.05, 0.1) is 26.4 Å². The van der Waals surface area contributed by atoms with Gasteiger partial charge in [0.25, 0.3) is 0 Å². The summed E-state index contributed by atoms with van der Waals surface area (Å²) in [5.41, 5.74) is 0. The minimum atomic E-state index is -2.00. The highest BCUT2D eigenvalue weighted by molar-refractivity contribution is 7.75. The zero-order valence-electron chi connectivity index (χ0n) is 8.88. The Balaban J connectivity index is 1.57. The van der Waals surface area contributed by atoms with Gasteiger partial charge in [0.1, 0.15) is 12.2 Å². The van der Waals surface area contributed by atoms with Gasteiger partial charge in [-0.1, -0.05) is 0 Å². The van der Waals surface area contributed by atoms with Crippen LogP contribution in [0.25, 0.3) is 0 Å². The van der Waals surface area contributed by atoms with Gasteiger partial charge in [0, 0.05) is 0 Å². The van der Waals surface area contributed by atoms with Crippen molar-refractivity contribution in [1.82, 2.24) is 0 Å². The third-order valence-corrected chi connectivity index (χ3v) is 4.00. The summed E-state index contributed by atoms with van der Waals surface area (Å²) in [7, 11) is 0. The van der Waals surface area contributed by atoms with Crippen molar-refractivity contribution in [3.63, 3.8) is 0 Å². The maximum absolute atomic E-state index is 11.2. The first kappa shape index (κ1) is 14.6. The van der Waals surface area contributed by atoms with Gasteiger partial charge in [-0.05, 0) is 0 Å². The summed E-state index contributed by atoms with van der Waals surface area (Å²) in [5.74, 6) is 0. The Morgan fingerprint density at radius 2 is 1.44 bits per heavy atom. The molecule has 0 aromatic heterocycles. The van der Waals surface area contributed by atoms with Gasteiger partial charge in [-0.2, -0.15) is 12.6 Å². The monoisotopic (exact) mass is 322 g/mol. The molecule has 2 saturated heterocycles. The molecule has 4 atom stereocenters.